The zero-order valence-electron chi connectivity index (χ0n) is 10.8. The summed E-state index contributed by atoms with van der Waals surface area (Å²) in [5.74, 6) is -1.47. The number of carbonyl (C=O) groups is 2. The molecule has 0 amide bonds. The Morgan fingerprint density at radius 2 is 1.84 bits per heavy atom. The Labute approximate surface area is 111 Å². The van der Waals surface area contributed by atoms with Gasteiger partial charge in [0.05, 0.1) is 19.8 Å². The third-order valence-electron chi connectivity index (χ3n) is 2.73. The maximum absolute atomic E-state index is 11.7. The van der Waals surface area contributed by atoms with E-state index in [0.29, 0.717) is 18.8 Å². The first-order valence-electron chi connectivity index (χ1n) is 6.27. The quantitative estimate of drug-likeness (QED) is 0.472. The fourth-order valence-electron chi connectivity index (χ4n) is 1.79. The van der Waals surface area contributed by atoms with Crippen molar-refractivity contribution in [1.82, 2.24) is 0 Å². The van der Waals surface area contributed by atoms with Crippen molar-refractivity contribution in [1.29, 1.82) is 0 Å². The van der Waals surface area contributed by atoms with Gasteiger partial charge in [-0.05, 0) is 13.3 Å². The number of carbonyl (C=O) groups excluding carboxylic acids is 2. The minimum atomic E-state index is -0.833. The molecular formula is C14H16O5. The van der Waals surface area contributed by atoms with Crippen LogP contribution in [0.3, 0.4) is 0 Å². The molecule has 5 nitrogen and oxygen atoms in total. The monoisotopic (exact) mass is 264 g/mol. The Morgan fingerprint density at radius 3 is 2.42 bits per heavy atom. The van der Waals surface area contributed by atoms with Crippen LogP contribution in [0.5, 0.6) is 0 Å². The number of benzene rings is 1. The summed E-state index contributed by atoms with van der Waals surface area (Å²) in [6, 6.07) is 6.61. The molecule has 1 fully saturated rings. The second kappa shape index (κ2) is 6.45. The molecule has 0 aliphatic carbocycles. The number of ketones is 1. The fraction of sp³-hybridized carbons (Fsp3) is 0.429. The van der Waals surface area contributed by atoms with Crippen LogP contribution in [0.25, 0.3) is 0 Å². The van der Waals surface area contributed by atoms with Crippen LogP contribution in [0.15, 0.2) is 24.3 Å². The highest BCUT2D eigenvalue weighted by Crippen LogP contribution is 2.23. The van der Waals surface area contributed by atoms with Crippen molar-refractivity contribution in [3.05, 3.63) is 35.4 Å². The minimum absolute atomic E-state index is 0.187. The van der Waals surface area contributed by atoms with Gasteiger partial charge in [-0.2, -0.15) is 0 Å². The molecule has 0 atom stereocenters. The van der Waals surface area contributed by atoms with Crippen molar-refractivity contribution in [3.63, 3.8) is 0 Å². The number of ether oxygens (including phenoxy) is 3. The number of hydrogen-bond acceptors (Lipinski definition) is 5. The van der Waals surface area contributed by atoms with Crippen molar-refractivity contribution in [2.45, 2.75) is 19.6 Å². The van der Waals surface area contributed by atoms with Crippen LogP contribution in [-0.2, 0) is 19.0 Å². The van der Waals surface area contributed by atoms with E-state index >= 15 is 0 Å². The molecule has 0 spiro atoms. The van der Waals surface area contributed by atoms with Crippen molar-refractivity contribution in [2.75, 3.05) is 19.8 Å². The van der Waals surface area contributed by atoms with Crippen LogP contribution in [0.1, 0.15) is 35.6 Å². The highest BCUT2D eigenvalue weighted by atomic mass is 16.7. The highest BCUT2D eigenvalue weighted by molar-refractivity contribution is 6.40. The summed E-state index contributed by atoms with van der Waals surface area (Å²) in [6.45, 7) is 3.17. The third kappa shape index (κ3) is 3.39. The molecule has 19 heavy (non-hydrogen) atoms. The van der Waals surface area contributed by atoms with E-state index in [1.54, 1.807) is 31.2 Å². The maximum Gasteiger partial charge on any atom is 0.379 e. The van der Waals surface area contributed by atoms with E-state index in [0.717, 1.165) is 12.0 Å². The zero-order valence-corrected chi connectivity index (χ0v) is 10.8. The normalized spacial score (nSPS) is 16.1. The molecule has 0 aromatic heterocycles. The summed E-state index contributed by atoms with van der Waals surface area (Å²) in [5, 5.41) is 0. The van der Waals surface area contributed by atoms with E-state index in [2.05, 4.69) is 4.74 Å². The molecule has 1 aliphatic rings. The third-order valence-corrected chi connectivity index (χ3v) is 2.73. The van der Waals surface area contributed by atoms with E-state index in [1.807, 2.05) is 0 Å². The summed E-state index contributed by atoms with van der Waals surface area (Å²) in [7, 11) is 0. The Hall–Kier alpha value is -1.72. The molecule has 1 saturated heterocycles. The summed E-state index contributed by atoms with van der Waals surface area (Å²) < 4.78 is 15.6. The molecule has 0 radical (unpaired) electrons. The van der Waals surface area contributed by atoms with Gasteiger partial charge in [0.15, 0.2) is 6.29 Å². The lowest BCUT2D eigenvalue weighted by molar-refractivity contribution is -0.183. The SMILES string of the molecule is CCOC(=O)C(=O)c1ccc(C2OCCCO2)cc1. The van der Waals surface area contributed by atoms with E-state index in [9.17, 15) is 9.59 Å². The van der Waals surface area contributed by atoms with E-state index in [-0.39, 0.29) is 12.9 Å². The van der Waals surface area contributed by atoms with E-state index in [1.165, 1.54) is 0 Å². The summed E-state index contributed by atoms with van der Waals surface area (Å²) in [4.78, 5) is 23.0. The van der Waals surface area contributed by atoms with Crippen molar-refractivity contribution in [2.24, 2.45) is 0 Å². The second-order valence-corrected chi connectivity index (χ2v) is 4.10. The minimum Gasteiger partial charge on any atom is -0.460 e. The maximum atomic E-state index is 11.7. The highest BCUT2D eigenvalue weighted by Gasteiger charge is 2.20. The molecule has 1 aromatic carbocycles. The molecule has 0 N–H and O–H groups in total. The number of rotatable bonds is 4. The van der Waals surface area contributed by atoms with Gasteiger partial charge in [-0.3, -0.25) is 4.79 Å². The van der Waals surface area contributed by atoms with Gasteiger partial charge < -0.3 is 14.2 Å². The first-order valence-corrected chi connectivity index (χ1v) is 6.27. The van der Waals surface area contributed by atoms with Gasteiger partial charge in [-0.1, -0.05) is 24.3 Å². The lowest BCUT2D eigenvalue weighted by atomic mass is 10.1. The van der Waals surface area contributed by atoms with Gasteiger partial charge in [-0.25, -0.2) is 4.79 Å². The smallest absolute Gasteiger partial charge is 0.379 e. The van der Waals surface area contributed by atoms with Gasteiger partial charge in [0, 0.05) is 11.1 Å². The van der Waals surface area contributed by atoms with Crippen LogP contribution in [0.4, 0.5) is 0 Å². The van der Waals surface area contributed by atoms with E-state index in [4.69, 9.17) is 9.47 Å². The first-order chi connectivity index (χ1) is 9.22. The summed E-state index contributed by atoms with van der Waals surface area (Å²) >= 11 is 0. The lowest BCUT2D eigenvalue weighted by Crippen LogP contribution is -2.19. The lowest BCUT2D eigenvalue weighted by Gasteiger charge is -2.23. The molecule has 1 aliphatic heterocycles. The summed E-state index contributed by atoms with van der Waals surface area (Å²) in [5.41, 5.74) is 1.14. The standard InChI is InChI=1S/C14H16O5/c1-2-17-13(16)12(15)10-4-6-11(7-5-10)14-18-8-3-9-19-14/h4-7,14H,2-3,8-9H2,1H3. The van der Waals surface area contributed by atoms with Gasteiger partial charge in [0.1, 0.15) is 0 Å². The van der Waals surface area contributed by atoms with Crippen LogP contribution >= 0.6 is 0 Å². The molecule has 1 aromatic rings. The van der Waals surface area contributed by atoms with E-state index < -0.39 is 11.8 Å². The predicted octanol–water partition coefficient (Wildman–Crippen LogP) is 1.87. The van der Waals surface area contributed by atoms with Crippen molar-refractivity contribution >= 4 is 11.8 Å². The molecule has 1 heterocycles. The molecule has 0 unspecified atom stereocenters. The van der Waals surface area contributed by atoms with Crippen molar-refractivity contribution in [3.8, 4) is 0 Å². The summed E-state index contributed by atoms with van der Waals surface area (Å²) in [6.07, 6.45) is 0.496. The van der Waals surface area contributed by atoms with Gasteiger partial charge >= 0.3 is 5.97 Å². The Morgan fingerprint density at radius 1 is 1.21 bits per heavy atom. The van der Waals surface area contributed by atoms with Gasteiger partial charge in [0.2, 0.25) is 0 Å². The Balaban J connectivity index is 2.05. The van der Waals surface area contributed by atoms with Crippen LogP contribution in [-0.4, -0.2) is 31.6 Å². The molecule has 5 heteroatoms. The average molecular weight is 264 g/mol. The number of Topliss-reactive ketones (excluding diaryl/α,β-unsaturated/α-hetero) is 1. The Kier molecular flexibility index (Phi) is 4.65. The van der Waals surface area contributed by atoms with Crippen LogP contribution in [0.2, 0.25) is 0 Å². The zero-order chi connectivity index (χ0) is 13.7. The molecule has 2 rings (SSSR count). The molecule has 0 saturated carbocycles. The molecule has 0 bridgehead atoms. The van der Waals surface area contributed by atoms with Gasteiger partial charge in [0.25, 0.3) is 5.78 Å². The number of esters is 1. The Bertz CT molecular complexity index is 445. The largest absolute Gasteiger partial charge is 0.460 e. The fourth-order valence-corrected chi connectivity index (χ4v) is 1.79. The second-order valence-electron chi connectivity index (χ2n) is 4.10. The molecular weight excluding hydrogens is 248 g/mol. The first kappa shape index (κ1) is 13.7. The van der Waals surface area contributed by atoms with Gasteiger partial charge in [-0.15, -0.1) is 0 Å². The topological polar surface area (TPSA) is 61.8 Å². The van der Waals surface area contributed by atoms with Crippen LogP contribution < -0.4 is 0 Å². The predicted molar refractivity (Wildman–Crippen MR) is 66.7 cm³/mol. The average Bonchev–Trinajstić information content (AvgIpc) is 2.48. The number of hydrogen-bond donors (Lipinski definition) is 0. The van der Waals surface area contributed by atoms with Crippen molar-refractivity contribution < 1.29 is 23.8 Å². The molecule has 102 valence electrons. The van der Waals surface area contributed by atoms with Crippen LogP contribution in [0, 0.1) is 0 Å².